The molecule has 3 aromatic rings. The molecule has 1 fully saturated rings. The van der Waals surface area contributed by atoms with E-state index in [4.69, 9.17) is 14.5 Å². The maximum atomic E-state index is 5.48. The number of anilines is 3. The summed E-state index contributed by atoms with van der Waals surface area (Å²) >= 11 is 0. The first kappa shape index (κ1) is 17.1. The molecule has 0 spiro atoms. The van der Waals surface area contributed by atoms with Gasteiger partial charge in [0.25, 0.3) is 0 Å². The Morgan fingerprint density at radius 3 is 2.37 bits per heavy atom. The predicted molar refractivity (Wildman–Crippen MR) is 107 cm³/mol. The highest BCUT2D eigenvalue weighted by molar-refractivity contribution is 5.69. The summed E-state index contributed by atoms with van der Waals surface area (Å²) in [6.45, 7) is 0. The van der Waals surface area contributed by atoms with Gasteiger partial charge in [-0.3, -0.25) is 0 Å². The van der Waals surface area contributed by atoms with E-state index in [-0.39, 0.29) is 0 Å². The van der Waals surface area contributed by atoms with Gasteiger partial charge in [0, 0.05) is 23.7 Å². The normalized spacial score (nSPS) is 13.1. The molecule has 0 unspecified atom stereocenters. The van der Waals surface area contributed by atoms with Gasteiger partial charge >= 0.3 is 0 Å². The summed E-state index contributed by atoms with van der Waals surface area (Å²) in [5, 5.41) is 6.80. The van der Waals surface area contributed by atoms with E-state index in [2.05, 4.69) is 15.6 Å². The van der Waals surface area contributed by atoms with E-state index in [0.717, 1.165) is 22.8 Å². The van der Waals surface area contributed by atoms with Crippen molar-refractivity contribution in [1.29, 1.82) is 0 Å². The molecule has 138 valence electrons. The average Bonchev–Trinajstić information content (AvgIpc) is 3.52. The van der Waals surface area contributed by atoms with Crippen LogP contribution < -0.4 is 20.1 Å². The Morgan fingerprint density at radius 1 is 0.889 bits per heavy atom. The molecule has 1 saturated carbocycles. The number of hydrogen-bond donors (Lipinski definition) is 2. The van der Waals surface area contributed by atoms with E-state index in [1.165, 1.54) is 12.8 Å². The first-order chi connectivity index (χ1) is 13.2. The summed E-state index contributed by atoms with van der Waals surface area (Å²) in [6.07, 6.45) is 2.36. The summed E-state index contributed by atoms with van der Waals surface area (Å²) in [5.41, 5.74) is 1.79. The molecule has 0 aliphatic heterocycles. The highest BCUT2D eigenvalue weighted by Crippen LogP contribution is 2.33. The number of nitrogens with zero attached hydrogens (tertiary/aromatic N) is 2. The number of benzene rings is 2. The molecular weight excluding hydrogens is 340 g/mol. The van der Waals surface area contributed by atoms with Crippen LogP contribution in [0.1, 0.15) is 12.8 Å². The molecule has 1 aromatic heterocycles. The lowest BCUT2D eigenvalue weighted by atomic mass is 10.2. The van der Waals surface area contributed by atoms with E-state index >= 15 is 0 Å². The molecule has 0 atom stereocenters. The van der Waals surface area contributed by atoms with Crippen LogP contribution in [0.15, 0.2) is 54.6 Å². The molecular formula is C21H22N4O2. The van der Waals surface area contributed by atoms with Gasteiger partial charge in [0.2, 0.25) is 0 Å². The minimum Gasteiger partial charge on any atom is -0.497 e. The van der Waals surface area contributed by atoms with Crippen molar-refractivity contribution in [1.82, 2.24) is 9.97 Å². The minimum atomic E-state index is 0.506. The molecule has 27 heavy (non-hydrogen) atoms. The fourth-order valence-electron chi connectivity index (χ4n) is 2.78. The molecule has 0 saturated heterocycles. The molecule has 1 aliphatic rings. The van der Waals surface area contributed by atoms with Crippen LogP contribution in [0.5, 0.6) is 11.5 Å². The van der Waals surface area contributed by atoms with Gasteiger partial charge in [-0.15, -0.1) is 0 Å². The summed E-state index contributed by atoms with van der Waals surface area (Å²) < 4.78 is 10.7. The highest BCUT2D eigenvalue weighted by atomic mass is 16.5. The lowest BCUT2D eigenvalue weighted by Gasteiger charge is -2.14. The topological polar surface area (TPSA) is 68.3 Å². The fourth-order valence-corrected chi connectivity index (χ4v) is 2.78. The third kappa shape index (κ3) is 4.11. The monoisotopic (exact) mass is 362 g/mol. The number of hydrogen-bond acceptors (Lipinski definition) is 6. The SMILES string of the molecule is COc1ccc(Nc2cc(NC3CC3)nc(-c3ccccc3)n2)c(OC)c1. The van der Waals surface area contributed by atoms with Crippen molar-refractivity contribution in [2.24, 2.45) is 0 Å². The van der Waals surface area contributed by atoms with Crippen molar-refractivity contribution in [3.63, 3.8) is 0 Å². The van der Waals surface area contributed by atoms with Crippen LogP contribution in [-0.4, -0.2) is 30.2 Å². The lowest BCUT2D eigenvalue weighted by Crippen LogP contribution is -2.06. The zero-order chi connectivity index (χ0) is 18.6. The molecule has 2 N–H and O–H groups in total. The van der Waals surface area contributed by atoms with Crippen LogP contribution in [0.25, 0.3) is 11.4 Å². The number of aromatic nitrogens is 2. The van der Waals surface area contributed by atoms with E-state index < -0.39 is 0 Å². The van der Waals surface area contributed by atoms with Gasteiger partial charge in [-0.2, -0.15) is 0 Å². The van der Waals surface area contributed by atoms with Crippen LogP contribution >= 0.6 is 0 Å². The highest BCUT2D eigenvalue weighted by Gasteiger charge is 2.22. The molecule has 1 aliphatic carbocycles. The van der Waals surface area contributed by atoms with Gasteiger partial charge < -0.3 is 20.1 Å². The Labute approximate surface area is 158 Å². The Kier molecular flexibility index (Phi) is 4.78. The average molecular weight is 362 g/mol. The van der Waals surface area contributed by atoms with Gasteiger partial charge in [-0.25, -0.2) is 9.97 Å². The predicted octanol–water partition coefficient (Wildman–Crippen LogP) is 4.48. The van der Waals surface area contributed by atoms with E-state index in [9.17, 15) is 0 Å². The quantitative estimate of drug-likeness (QED) is 0.646. The van der Waals surface area contributed by atoms with Crippen LogP contribution in [0.2, 0.25) is 0 Å². The van der Waals surface area contributed by atoms with Crippen LogP contribution in [0, 0.1) is 0 Å². The van der Waals surface area contributed by atoms with Crippen molar-refractivity contribution in [3.05, 3.63) is 54.6 Å². The zero-order valence-electron chi connectivity index (χ0n) is 15.4. The van der Waals surface area contributed by atoms with E-state index in [1.807, 2.05) is 54.6 Å². The van der Waals surface area contributed by atoms with Gasteiger partial charge in [-0.05, 0) is 25.0 Å². The number of rotatable bonds is 7. The molecule has 2 aromatic carbocycles. The number of ether oxygens (including phenoxy) is 2. The van der Waals surface area contributed by atoms with Crippen molar-refractivity contribution in [3.8, 4) is 22.9 Å². The molecule has 0 radical (unpaired) electrons. The zero-order valence-corrected chi connectivity index (χ0v) is 15.4. The molecule has 6 nitrogen and oxygen atoms in total. The molecule has 6 heteroatoms. The third-order valence-corrected chi connectivity index (χ3v) is 4.36. The first-order valence-corrected chi connectivity index (χ1v) is 8.95. The Morgan fingerprint density at radius 2 is 1.67 bits per heavy atom. The summed E-state index contributed by atoms with van der Waals surface area (Å²) in [7, 11) is 3.27. The molecule has 0 bridgehead atoms. The maximum Gasteiger partial charge on any atom is 0.163 e. The first-order valence-electron chi connectivity index (χ1n) is 8.95. The standard InChI is InChI=1S/C21H22N4O2/c1-26-16-10-11-17(18(12-16)27-2)23-20-13-19(22-15-8-9-15)24-21(25-20)14-6-4-3-5-7-14/h3-7,10-13,15H,8-9H2,1-2H3,(H2,22,23,24,25). The molecule has 4 rings (SSSR count). The van der Waals surface area contributed by atoms with Gasteiger partial charge in [0.15, 0.2) is 5.82 Å². The second-order valence-corrected chi connectivity index (χ2v) is 6.44. The largest absolute Gasteiger partial charge is 0.497 e. The molecule has 1 heterocycles. The number of nitrogens with one attached hydrogen (secondary N) is 2. The number of methoxy groups -OCH3 is 2. The van der Waals surface area contributed by atoms with Crippen LogP contribution in [0.4, 0.5) is 17.3 Å². The van der Waals surface area contributed by atoms with Crippen LogP contribution in [0.3, 0.4) is 0 Å². The Balaban J connectivity index is 1.69. The Bertz CT molecular complexity index is 927. The fraction of sp³-hybridized carbons (Fsp3) is 0.238. The van der Waals surface area contributed by atoms with Crippen molar-refractivity contribution >= 4 is 17.3 Å². The molecule has 0 amide bonds. The van der Waals surface area contributed by atoms with Crippen molar-refractivity contribution in [2.45, 2.75) is 18.9 Å². The third-order valence-electron chi connectivity index (χ3n) is 4.36. The Hall–Kier alpha value is -3.28. The van der Waals surface area contributed by atoms with E-state index in [1.54, 1.807) is 14.2 Å². The second-order valence-electron chi connectivity index (χ2n) is 6.44. The second kappa shape index (κ2) is 7.53. The summed E-state index contributed by atoms with van der Waals surface area (Å²) in [4.78, 5) is 9.38. The van der Waals surface area contributed by atoms with Gasteiger partial charge in [0.05, 0.1) is 19.9 Å². The van der Waals surface area contributed by atoms with E-state index in [0.29, 0.717) is 23.4 Å². The minimum absolute atomic E-state index is 0.506. The van der Waals surface area contributed by atoms with Crippen molar-refractivity contribution < 1.29 is 9.47 Å². The van der Waals surface area contributed by atoms with Crippen LogP contribution in [-0.2, 0) is 0 Å². The summed E-state index contributed by atoms with van der Waals surface area (Å²) in [5.74, 6) is 3.63. The lowest BCUT2D eigenvalue weighted by molar-refractivity contribution is 0.395. The maximum absolute atomic E-state index is 5.48. The van der Waals surface area contributed by atoms with Crippen molar-refractivity contribution in [2.75, 3.05) is 24.9 Å². The van der Waals surface area contributed by atoms with Gasteiger partial charge in [0.1, 0.15) is 23.1 Å². The van der Waals surface area contributed by atoms with Gasteiger partial charge in [-0.1, -0.05) is 30.3 Å². The smallest absolute Gasteiger partial charge is 0.163 e. The summed E-state index contributed by atoms with van der Waals surface area (Å²) in [6, 6.07) is 18.0.